The zero-order valence-electron chi connectivity index (χ0n) is 11.8. The van der Waals surface area contributed by atoms with Crippen molar-refractivity contribution in [2.75, 3.05) is 26.9 Å². The Balaban J connectivity index is 2.19. The van der Waals surface area contributed by atoms with Crippen molar-refractivity contribution in [3.63, 3.8) is 0 Å². The first-order chi connectivity index (χ1) is 9.78. The van der Waals surface area contributed by atoms with Gasteiger partial charge in [0.25, 0.3) is 0 Å². The minimum Gasteiger partial charge on any atom is -0.496 e. The molecule has 1 unspecified atom stereocenters. The number of aliphatic hydroxyl groups is 2. The molecule has 1 aliphatic heterocycles. The van der Waals surface area contributed by atoms with Crippen molar-refractivity contribution in [1.29, 1.82) is 0 Å². The van der Waals surface area contributed by atoms with Crippen LogP contribution < -0.4 is 4.74 Å². The van der Waals surface area contributed by atoms with Crippen LogP contribution in [0.1, 0.15) is 24.0 Å². The summed E-state index contributed by atoms with van der Waals surface area (Å²) in [6.07, 6.45) is 2.17. The van der Waals surface area contributed by atoms with Crippen LogP contribution in [0.5, 0.6) is 5.75 Å². The molecule has 20 heavy (non-hydrogen) atoms. The summed E-state index contributed by atoms with van der Waals surface area (Å²) < 4.78 is 5.40. The maximum absolute atomic E-state index is 9.39. The summed E-state index contributed by atoms with van der Waals surface area (Å²) in [7, 11) is 1.66. The van der Waals surface area contributed by atoms with Gasteiger partial charge in [0.1, 0.15) is 12.4 Å². The van der Waals surface area contributed by atoms with Gasteiger partial charge in [-0.2, -0.15) is 0 Å². The van der Waals surface area contributed by atoms with Crippen LogP contribution in [-0.2, 0) is 6.54 Å². The molecule has 0 aromatic heterocycles. The lowest BCUT2D eigenvalue weighted by Gasteiger charge is -2.23. The number of benzene rings is 1. The Hall–Kier alpha value is -1.54. The largest absolute Gasteiger partial charge is 0.496 e. The molecule has 1 saturated heterocycles. The van der Waals surface area contributed by atoms with E-state index in [4.69, 9.17) is 9.84 Å². The van der Waals surface area contributed by atoms with Gasteiger partial charge < -0.3 is 14.9 Å². The molecule has 0 amide bonds. The molecule has 2 N–H and O–H groups in total. The topological polar surface area (TPSA) is 52.9 Å². The highest BCUT2D eigenvalue weighted by molar-refractivity contribution is 5.44. The van der Waals surface area contributed by atoms with Gasteiger partial charge in [0.2, 0.25) is 0 Å². The summed E-state index contributed by atoms with van der Waals surface area (Å²) in [5.74, 6) is 6.40. The molecule has 1 aliphatic rings. The van der Waals surface area contributed by atoms with E-state index in [0.717, 1.165) is 42.8 Å². The molecule has 0 bridgehead atoms. The highest BCUT2D eigenvalue weighted by atomic mass is 16.5. The van der Waals surface area contributed by atoms with Crippen LogP contribution in [0.3, 0.4) is 0 Å². The molecule has 1 fully saturated rings. The molecule has 1 aromatic rings. The Morgan fingerprint density at radius 1 is 1.40 bits per heavy atom. The maximum atomic E-state index is 9.39. The van der Waals surface area contributed by atoms with Crippen LogP contribution in [-0.4, -0.2) is 48.0 Å². The molecule has 2 rings (SSSR count). The van der Waals surface area contributed by atoms with Crippen molar-refractivity contribution in [3.8, 4) is 17.6 Å². The molecule has 0 radical (unpaired) electrons. The van der Waals surface area contributed by atoms with E-state index in [0.29, 0.717) is 0 Å². The summed E-state index contributed by atoms with van der Waals surface area (Å²) in [6, 6.07) is 6.03. The zero-order valence-corrected chi connectivity index (χ0v) is 11.8. The standard InChI is InChI=1S/C16H21NO3/c1-20-16-7-6-13(4-3-9-18)10-14(16)11-17-8-2-5-15(17)12-19/h6-7,10,15,18-19H,2,5,8-9,11-12H2,1H3. The lowest BCUT2D eigenvalue weighted by atomic mass is 10.1. The molecule has 4 nitrogen and oxygen atoms in total. The van der Waals surface area contributed by atoms with E-state index in [-0.39, 0.29) is 19.3 Å². The van der Waals surface area contributed by atoms with Crippen molar-refractivity contribution in [3.05, 3.63) is 29.3 Å². The lowest BCUT2D eigenvalue weighted by molar-refractivity contribution is 0.152. The third kappa shape index (κ3) is 3.51. The van der Waals surface area contributed by atoms with E-state index in [1.807, 2.05) is 18.2 Å². The van der Waals surface area contributed by atoms with Crippen molar-refractivity contribution in [2.24, 2.45) is 0 Å². The third-order valence-electron chi connectivity index (χ3n) is 3.68. The Morgan fingerprint density at radius 3 is 2.95 bits per heavy atom. The fourth-order valence-electron chi connectivity index (χ4n) is 2.65. The third-order valence-corrected chi connectivity index (χ3v) is 3.68. The number of rotatable bonds is 4. The van der Waals surface area contributed by atoms with Gasteiger partial charge >= 0.3 is 0 Å². The van der Waals surface area contributed by atoms with Crippen LogP contribution in [0.15, 0.2) is 18.2 Å². The fourth-order valence-corrected chi connectivity index (χ4v) is 2.65. The summed E-state index contributed by atoms with van der Waals surface area (Å²) >= 11 is 0. The second-order valence-electron chi connectivity index (χ2n) is 4.94. The number of hydrogen-bond acceptors (Lipinski definition) is 4. The van der Waals surface area contributed by atoms with Crippen LogP contribution in [0, 0.1) is 11.8 Å². The predicted molar refractivity (Wildman–Crippen MR) is 77.5 cm³/mol. The number of likely N-dealkylation sites (tertiary alicyclic amines) is 1. The van der Waals surface area contributed by atoms with Gasteiger partial charge in [-0.25, -0.2) is 0 Å². The van der Waals surface area contributed by atoms with Gasteiger partial charge in [0, 0.05) is 23.7 Å². The fraction of sp³-hybridized carbons (Fsp3) is 0.500. The Bertz CT molecular complexity index is 504. The second-order valence-corrected chi connectivity index (χ2v) is 4.94. The SMILES string of the molecule is COc1ccc(C#CCO)cc1CN1CCCC1CO. The molecule has 1 atom stereocenters. The highest BCUT2D eigenvalue weighted by Gasteiger charge is 2.24. The smallest absolute Gasteiger partial charge is 0.123 e. The number of nitrogens with zero attached hydrogens (tertiary/aromatic N) is 1. The van der Waals surface area contributed by atoms with Crippen LogP contribution in [0.25, 0.3) is 0 Å². The van der Waals surface area contributed by atoms with Crippen LogP contribution >= 0.6 is 0 Å². The van der Waals surface area contributed by atoms with E-state index in [1.165, 1.54) is 0 Å². The van der Waals surface area contributed by atoms with Gasteiger partial charge in [-0.3, -0.25) is 4.90 Å². The minimum atomic E-state index is -0.139. The van der Waals surface area contributed by atoms with E-state index in [9.17, 15) is 5.11 Å². The van der Waals surface area contributed by atoms with Crippen molar-refractivity contribution in [2.45, 2.75) is 25.4 Å². The maximum Gasteiger partial charge on any atom is 0.123 e. The highest BCUT2D eigenvalue weighted by Crippen LogP contribution is 2.25. The normalized spacial score (nSPS) is 18.6. The molecule has 1 heterocycles. The number of aliphatic hydroxyl groups excluding tert-OH is 2. The van der Waals surface area contributed by atoms with Crippen molar-refractivity contribution in [1.82, 2.24) is 4.90 Å². The predicted octanol–water partition coefficient (Wildman–Crippen LogP) is 0.996. The first-order valence-electron chi connectivity index (χ1n) is 6.90. The average molecular weight is 275 g/mol. The molecule has 1 aromatic carbocycles. The van der Waals surface area contributed by atoms with E-state index in [2.05, 4.69) is 16.7 Å². The van der Waals surface area contributed by atoms with Crippen molar-refractivity contribution >= 4 is 0 Å². The Labute approximate surface area is 120 Å². The monoisotopic (exact) mass is 275 g/mol. The lowest BCUT2D eigenvalue weighted by Crippen LogP contribution is -2.31. The summed E-state index contributed by atoms with van der Waals surface area (Å²) in [6.45, 7) is 1.82. The Kier molecular flexibility index (Phi) is 5.42. The first-order valence-corrected chi connectivity index (χ1v) is 6.90. The molecular formula is C16H21NO3. The zero-order chi connectivity index (χ0) is 14.4. The van der Waals surface area contributed by atoms with Crippen molar-refractivity contribution < 1.29 is 14.9 Å². The van der Waals surface area contributed by atoms with Gasteiger partial charge in [-0.05, 0) is 37.6 Å². The molecule has 0 aliphatic carbocycles. The molecule has 108 valence electrons. The first kappa shape index (κ1) is 14.9. The molecule has 4 heteroatoms. The Morgan fingerprint density at radius 2 is 2.25 bits per heavy atom. The van der Waals surface area contributed by atoms with Crippen LogP contribution in [0.4, 0.5) is 0 Å². The van der Waals surface area contributed by atoms with Gasteiger partial charge in [0.15, 0.2) is 0 Å². The number of ether oxygens (including phenoxy) is 1. The quantitative estimate of drug-likeness (QED) is 0.805. The minimum absolute atomic E-state index is 0.139. The second kappa shape index (κ2) is 7.30. The summed E-state index contributed by atoms with van der Waals surface area (Å²) in [4.78, 5) is 2.28. The number of methoxy groups -OCH3 is 1. The van der Waals surface area contributed by atoms with Gasteiger partial charge in [0.05, 0.1) is 13.7 Å². The summed E-state index contributed by atoms with van der Waals surface area (Å²) in [5, 5.41) is 18.1. The van der Waals surface area contributed by atoms with E-state index >= 15 is 0 Å². The summed E-state index contributed by atoms with van der Waals surface area (Å²) in [5.41, 5.74) is 1.94. The van der Waals surface area contributed by atoms with E-state index < -0.39 is 0 Å². The van der Waals surface area contributed by atoms with Crippen LogP contribution in [0.2, 0.25) is 0 Å². The van der Waals surface area contributed by atoms with Gasteiger partial charge in [-0.1, -0.05) is 11.8 Å². The molecule has 0 spiro atoms. The molecule has 0 saturated carbocycles. The number of hydrogen-bond donors (Lipinski definition) is 2. The van der Waals surface area contributed by atoms with Gasteiger partial charge in [-0.15, -0.1) is 0 Å². The molecular weight excluding hydrogens is 254 g/mol. The van der Waals surface area contributed by atoms with E-state index in [1.54, 1.807) is 7.11 Å². The average Bonchev–Trinajstić information content (AvgIpc) is 2.92.